The molecular formula is C33H40ClN3O6S. The van der Waals surface area contributed by atoms with Crippen molar-refractivity contribution in [2.24, 2.45) is 0 Å². The van der Waals surface area contributed by atoms with E-state index < -0.39 is 28.5 Å². The van der Waals surface area contributed by atoms with Crippen LogP contribution in [0.4, 0.5) is 5.69 Å². The predicted molar refractivity (Wildman–Crippen MR) is 173 cm³/mol. The second-order valence-corrected chi connectivity index (χ2v) is 13.3. The minimum atomic E-state index is -3.99. The first-order valence-electron chi connectivity index (χ1n) is 14.7. The SMILES string of the molecule is COc1ccc(OC)c(N(CC(=O)N(Cc2ccccc2Cl)C(Cc2ccccc2)C(=O)NC2CCCCC2)S(C)(=O)=O)c1. The molecule has 1 atom stereocenters. The molecule has 1 aliphatic rings. The summed E-state index contributed by atoms with van der Waals surface area (Å²) < 4.78 is 38.1. The molecule has 3 aromatic carbocycles. The highest BCUT2D eigenvalue weighted by molar-refractivity contribution is 7.92. The molecule has 1 aliphatic carbocycles. The van der Waals surface area contributed by atoms with Crippen LogP contribution in [0.25, 0.3) is 0 Å². The summed E-state index contributed by atoms with van der Waals surface area (Å²) in [5.74, 6) is -0.216. The molecule has 1 N–H and O–H groups in total. The van der Waals surface area contributed by atoms with Crippen LogP contribution in [0.1, 0.15) is 43.2 Å². The highest BCUT2D eigenvalue weighted by atomic mass is 35.5. The van der Waals surface area contributed by atoms with E-state index in [1.165, 1.54) is 25.2 Å². The molecule has 1 unspecified atom stereocenters. The number of hydrogen-bond acceptors (Lipinski definition) is 6. The molecule has 0 heterocycles. The molecule has 2 amide bonds. The predicted octanol–water partition coefficient (Wildman–Crippen LogP) is 5.21. The van der Waals surface area contributed by atoms with Gasteiger partial charge >= 0.3 is 0 Å². The number of hydrogen-bond donors (Lipinski definition) is 1. The Morgan fingerprint density at radius 1 is 0.955 bits per heavy atom. The van der Waals surface area contributed by atoms with E-state index in [4.69, 9.17) is 21.1 Å². The van der Waals surface area contributed by atoms with E-state index in [1.807, 2.05) is 36.4 Å². The maximum Gasteiger partial charge on any atom is 0.244 e. The number of nitrogens with one attached hydrogen (secondary N) is 1. The van der Waals surface area contributed by atoms with E-state index in [0.717, 1.165) is 48.2 Å². The Kier molecular flexibility index (Phi) is 11.5. The second-order valence-electron chi connectivity index (χ2n) is 11.0. The molecule has 1 fully saturated rings. The van der Waals surface area contributed by atoms with Crippen LogP contribution in [0.5, 0.6) is 11.5 Å². The molecule has 11 heteroatoms. The Morgan fingerprint density at radius 2 is 1.64 bits per heavy atom. The first-order valence-corrected chi connectivity index (χ1v) is 16.9. The van der Waals surface area contributed by atoms with Crippen molar-refractivity contribution in [1.29, 1.82) is 0 Å². The fourth-order valence-electron chi connectivity index (χ4n) is 5.49. The summed E-state index contributed by atoms with van der Waals surface area (Å²) >= 11 is 6.55. The van der Waals surface area contributed by atoms with Gasteiger partial charge in [0.15, 0.2) is 0 Å². The smallest absolute Gasteiger partial charge is 0.244 e. The van der Waals surface area contributed by atoms with Crippen molar-refractivity contribution < 1.29 is 27.5 Å². The summed E-state index contributed by atoms with van der Waals surface area (Å²) in [4.78, 5) is 29.9. The fourth-order valence-corrected chi connectivity index (χ4v) is 6.54. The van der Waals surface area contributed by atoms with E-state index in [0.29, 0.717) is 16.3 Å². The van der Waals surface area contributed by atoms with Crippen LogP contribution in [-0.2, 0) is 32.6 Å². The van der Waals surface area contributed by atoms with Crippen molar-refractivity contribution in [3.8, 4) is 11.5 Å². The Balaban J connectivity index is 1.77. The number of carbonyl (C=O) groups excluding carboxylic acids is 2. The van der Waals surface area contributed by atoms with Crippen molar-refractivity contribution in [3.63, 3.8) is 0 Å². The molecule has 0 radical (unpaired) electrons. The van der Waals surface area contributed by atoms with Crippen LogP contribution in [0.3, 0.4) is 0 Å². The number of amides is 2. The van der Waals surface area contributed by atoms with Crippen molar-refractivity contribution in [3.05, 3.63) is 88.9 Å². The average Bonchev–Trinajstić information content (AvgIpc) is 3.02. The second kappa shape index (κ2) is 15.3. The molecule has 0 bridgehead atoms. The Morgan fingerprint density at radius 3 is 2.27 bits per heavy atom. The van der Waals surface area contributed by atoms with Crippen molar-refractivity contribution in [2.45, 2.75) is 57.2 Å². The summed E-state index contributed by atoms with van der Waals surface area (Å²) in [7, 11) is -1.11. The number of carbonyl (C=O) groups is 2. The van der Waals surface area contributed by atoms with Gasteiger partial charge in [0.25, 0.3) is 0 Å². The molecule has 9 nitrogen and oxygen atoms in total. The van der Waals surface area contributed by atoms with Gasteiger partial charge in [0.2, 0.25) is 21.8 Å². The topological polar surface area (TPSA) is 105 Å². The Labute approximate surface area is 265 Å². The van der Waals surface area contributed by atoms with E-state index in [1.54, 1.807) is 30.3 Å². The highest BCUT2D eigenvalue weighted by Crippen LogP contribution is 2.34. The maximum atomic E-state index is 14.4. The minimum Gasteiger partial charge on any atom is -0.497 e. The number of benzene rings is 3. The van der Waals surface area contributed by atoms with Gasteiger partial charge in [0.1, 0.15) is 24.1 Å². The number of halogens is 1. The first-order chi connectivity index (χ1) is 21.1. The standard InChI is InChI=1S/C33H40ClN3O6S/c1-42-27-18-19-31(43-2)29(21-27)37(44(3,40)41)23-32(38)36(22-25-14-10-11-17-28(25)34)30(20-24-12-6-4-7-13-24)33(39)35-26-15-8-5-9-16-26/h4,6-7,10-14,17-19,21,26,30H,5,8-9,15-16,20,22-23H2,1-3H3,(H,35,39). The van der Waals surface area contributed by atoms with Gasteiger partial charge in [-0.2, -0.15) is 0 Å². The minimum absolute atomic E-state index is 0.000934. The van der Waals surface area contributed by atoms with Crippen LogP contribution in [0, 0.1) is 0 Å². The first kappa shape index (κ1) is 33.1. The third-order valence-corrected chi connectivity index (χ3v) is 9.35. The lowest BCUT2D eigenvalue weighted by atomic mass is 9.94. The van der Waals surface area contributed by atoms with E-state index in [-0.39, 0.29) is 36.4 Å². The zero-order valence-corrected chi connectivity index (χ0v) is 26.9. The molecule has 1 saturated carbocycles. The zero-order chi connectivity index (χ0) is 31.7. The third kappa shape index (κ3) is 8.66. The van der Waals surface area contributed by atoms with Crippen molar-refractivity contribution in [1.82, 2.24) is 10.2 Å². The summed E-state index contributed by atoms with van der Waals surface area (Å²) in [5.41, 5.74) is 1.64. The van der Waals surface area contributed by atoms with Gasteiger partial charge in [0.05, 0.1) is 26.2 Å². The summed E-state index contributed by atoms with van der Waals surface area (Å²) in [5, 5.41) is 3.63. The lowest BCUT2D eigenvalue weighted by molar-refractivity contribution is -0.140. The molecule has 0 saturated heterocycles. The highest BCUT2D eigenvalue weighted by Gasteiger charge is 2.35. The Hall–Kier alpha value is -3.76. The van der Waals surface area contributed by atoms with Crippen LogP contribution in [0.2, 0.25) is 5.02 Å². The number of anilines is 1. The number of nitrogens with zero attached hydrogens (tertiary/aromatic N) is 2. The number of sulfonamides is 1. The lowest BCUT2D eigenvalue weighted by Crippen LogP contribution is -2.55. The van der Waals surface area contributed by atoms with E-state index in [9.17, 15) is 18.0 Å². The third-order valence-electron chi connectivity index (χ3n) is 7.86. The van der Waals surface area contributed by atoms with Crippen molar-refractivity contribution in [2.75, 3.05) is 31.3 Å². The largest absolute Gasteiger partial charge is 0.497 e. The van der Waals surface area contributed by atoms with Gasteiger partial charge in [-0.25, -0.2) is 8.42 Å². The van der Waals surface area contributed by atoms with Gasteiger partial charge in [-0.15, -0.1) is 0 Å². The monoisotopic (exact) mass is 641 g/mol. The molecule has 4 rings (SSSR count). The normalized spacial score (nSPS) is 14.4. The van der Waals surface area contributed by atoms with Gasteiger partial charge in [0, 0.05) is 30.1 Å². The summed E-state index contributed by atoms with van der Waals surface area (Å²) in [6.07, 6.45) is 6.20. The van der Waals surface area contributed by atoms with Crippen LogP contribution < -0.4 is 19.1 Å². The molecule has 44 heavy (non-hydrogen) atoms. The number of ether oxygens (including phenoxy) is 2. The molecule has 0 aliphatic heterocycles. The average molecular weight is 642 g/mol. The lowest BCUT2D eigenvalue weighted by Gasteiger charge is -2.35. The van der Waals surface area contributed by atoms with Crippen molar-refractivity contribution >= 4 is 39.1 Å². The molecule has 0 spiro atoms. The summed E-state index contributed by atoms with van der Waals surface area (Å²) in [6, 6.07) is 20.4. The number of rotatable bonds is 13. The quantitative estimate of drug-likeness (QED) is 0.275. The van der Waals surface area contributed by atoms with Gasteiger partial charge in [-0.05, 0) is 42.2 Å². The summed E-state index contributed by atoms with van der Waals surface area (Å²) in [6.45, 7) is -0.574. The molecular weight excluding hydrogens is 602 g/mol. The zero-order valence-electron chi connectivity index (χ0n) is 25.4. The van der Waals surface area contributed by atoms with E-state index in [2.05, 4.69) is 5.32 Å². The van der Waals surface area contributed by atoms with Crippen LogP contribution in [0.15, 0.2) is 72.8 Å². The van der Waals surface area contributed by atoms with Gasteiger partial charge < -0.3 is 19.7 Å². The molecule has 236 valence electrons. The molecule has 3 aromatic rings. The molecule has 0 aromatic heterocycles. The maximum absolute atomic E-state index is 14.4. The number of methoxy groups -OCH3 is 2. The van der Waals surface area contributed by atoms with Gasteiger partial charge in [-0.3, -0.25) is 13.9 Å². The van der Waals surface area contributed by atoms with Crippen LogP contribution in [-0.4, -0.2) is 64.2 Å². The van der Waals surface area contributed by atoms with Gasteiger partial charge in [-0.1, -0.05) is 79.4 Å². The Bertz CT molecular complexity index is 1530. The van der Waals surface area contributed by atoms with E-state index >= 15 is 0 Å². The fraction of sp³-hybridized carbons (Fsp3) is 0.394. The van der Waals surface area contributed by atoms with Crippen LogP contribution >= 0.6 is 11.6 Å².